The highest BCUT2D eigenvalue weighted by Crippen LogP contribution is 1.88. The van der Waals surface area contributed by atoms with Gasteiger partial charge in [-0.1, -0.05) is 13.3 Å². The van der Waals surface area contributed by atoms with Crippen LogP contribution in [-0.2, 0) is 9.84 Å². The zero-order valence-electron chi connectivity index (χ0n) is 5.29. The number of hydrogen-bond donors (Lipinski definition) is 0. The molecule has 0 amide bonds. The highest BCUT2D eigenvalue weighted by Gasteiger charge is 1.91. The summed E-state index contributed by atoms with van der Waals surface area (Å²) in [6, 6.07) is 0. The van der Waals surface area contributed by atoms with Gasteiger partial charge in [0.05, 0.1) is 6.26 Å². The normalized spacial score (nSPS) is 9.89. The molecule has 0 N–H and O–H groups in total. The number of unbranched alkanes of at least 4 members (excludes halogenated alkanes) is 1. The Morgan fingerprint density at radius 2 is 2.33 bits per heavy atom. The first-order valence-electron chi connectivity index (χ1n) is 2.80. The van der Waals surface area contributed by atoms with Crippen LogP contribution in [0, 0.1) is 0 Å². The molecular formula is C6H9O3. The molecule has 9 heavy (non-hydrogen) atoms. The number of rotatable bonds is 3. The monoisotopic (exact) mass is 129 g/mol. The molecule has 0 aromatic rings. The summed E-state index contributed by atoms with van der Waals surface area (Å²) in [6.45, 7) is 1.99. The fourth-order valence-electron chi connectivity index (χ4n) is 0.338. The largest absolute Gasteiger partial charge is 0.555 e. The Labute approximate surface area is 53.9 Å². The lowest BCUT2D eigenvalue weighted by Crippen LogP contribution is -1.88. The molecule has 0 fully saturated rings. The van der Waals surface area contributed by atoms with E-state index in [1.807, 2.05) is 6.92 Å². The molecule has 51 valence electrons. The van der Waals surface area contributed by atoms with Gasteiger partial charge < -0.3 is 4.74 Å². The highest BCUT2D eigenvalue weighted by molar-refractivity contribution is 5.57. The molecule has 0 bridgehead atoms. The Balaban J connectivity index is 3.14. The van der Waals surface area contributed by atoms with Gasteiger partial charge in [-0.2, -0.15) is 9.90 Å². The molecule has 0 unspecified atom stereocenters. The molecule has 3 heteroatoms. The van der Waals surface area contributed by atoms with Gasteiger partial charge in [0.15, 0.2) is 0 Å². The molecule has 1 radical (unpaired) electrons. The first-order chi connectivity index (χ1) is 4.27. The zero-order valence-corrected chi connectivity index (χ0v) is 5.29. The van der Waals surface area contributed by atoms with Crippen molar-refractivity contribution in [2.24, 2.45) is 0 Å². The molecule has 0 aromatic heterocycles. The first-order valence-corrected chi connectivity index (χ1v) is 2.80. The smallest absolute Gasteiger partial charge is 0.401 e. The summed E-state index contributed by atoms with van der Waals surface area (Å²) < 4.78 is 3.97. The molecule has 0 atom stereocenters. The molecule has 0 aliphatic heterocycles. The van der Waals surface area contributed by atoms with Crippen LogP contribution >= 0.6 is 0 Å². The van der Waals surface area contributed by atoms with E-state index in [4.69, 9.17) is 0 Å². The minimum Gasteiger partial charge on any atom is -0.401 e. The van der Waals surface area contributed by atoms with Gasteiger partial charge in [0.2, 0.25) is 0 Å². The van der Waals surface area contributed by atoms with Crippen LogP contribution in [0.5, 0.6) is 0 Å². The summed E-state index contributed by atoms with van der Waals surface area (Å²) in [5, 5.41) is 9.58. The second kappa shape index (κ2) is 5.15. The average molecular weight is 129 g/mol. The number of hydrogen-bond acceptors (Lipinski definition) is 2. The summed E-state index contributed by atoms with van der Waals surface area (Å²) in [4.78, 5) is 9.58. The standard InChI is InChI=1S/C6H9O3/c1-2-3-4-5-9-6(7)8/h4-5H,2-3H2,1H3. The van der Waals surface area contributed by atoms with Crippen LogP contribution in [0.2, 0.25) is 0 Å². The van der Waals surface area contributed by atoms with Crippen molar-refractivity contribution in [3.05, 3.63) is 12.3 Å². The Bertz CT molecular complexity index is 107. The lowest BCUT2D eigenvalue weighted by molar-refractivity contribution is 0.101. The Hall–Kier alpha value is -0.990. The summed E-state index contributed by atoms with van der Waals surface area (Å²) in [7, 11) is 0. The quantitative estimate of drug-likeness (QED) is 0.431. The molecule has 0 saturated heterocycles. The summed E-state index contributed by atoms with van der Waals surface area (Å²) >= 11 is 0. The lowest BCUT2D eigenvalue weighted by atomic mass is 10.3. The van der Waals surface area contributed by atoms with Gasteiger partial charge in [0, 0.05) is 0 Å². The number of carbonyl (C=O) groups excluding carboxylic acids is 1. The van der Waals surface area contributed by atoms with Crippen LogP contribution in [0.25, 0.3) is 0 Å². The SMILES string of the molecule is CCCC=COC([O])=O. The van der Waals surface area contributed by atoms with E-state index in [1.165, 1.54) is 0 Å². The van der Waals surface area contributed by atoms with Gasteiger partial charge in [0.25, 0.3) is 0 Å². The molecule has 3 nitrogen and oxygen atoms in total. The van der Waals surface area contributed by atoms with E-state index in [0.29, 0.717) is 0 Å². The van der Waals surface area contributed by atoms with Crippen molar-refractivity contribution in [2.45, 2.75) is 19.8 Å². The summed E-state index contributed by atoms with van der Waals surface area (Å²) in [5.74, 6) is 0. The predicted molar refractivity (Wildman–Crippen MR) is 31.2 cm³/mol. The van der Waals surface area contributed by atoms with E-state index in [-0.39, 0.29) is 0 Å². The third-order valence-corrected chi connectivity index (χ3v) is 0.716. The van der Waals surface area contributed by atoms with Gasteiger partial charge in [-0.3, -0.25) is 0 Å². The second-order valence-electron chi connectivity index (χ2n) is 1.53. The predicted octanol–water partition coefficient (Wildman–Crippen LogP) is 1.87. The van der Waals surface area contributed by atoms with Crippen molar-refractivity contribution in [1.29, 1.82) is 0 Å². The summed E-state index contributed by atoms with van der Waals surface area (Å²) in [5.41, 5.74) is 0. The molecular weight excluding hydrogens is 120 g/mol. The molecule has 0 rings (SSSR count). The van der Waals surface area contributed by atoms with Gasteiger partial charge in [0.1, 0.15) is 0 Å². The Morgan fingerprint density at radius 1 is 1.67 bits per heavy atom. The van der Waals surface area contributed by atoms with Crippen molar-refractivity contribution in [2.75, 3.05) is 0 Å². The van der Waals surface area contributed by atoms with E-state index >= 15 is 0 Å². The maximum Gasteiger partial charge on any atom is 0.555 e. The van der Waals surface area contributed by atoms with Crippen LogP contribution in [0.3, 0.4) is 0 Å². The van der Waals surface area contributed by atoms with Gasteiger partial charge in [-0.15, -0.1) is 0 Å². The van der Waals surface area contributed by atoms with E-state index < -0.39 is 6.16 Å². The molecule has 0 aliphatic carbocycles. The summed E-state index contributed by atoms with van der Waals surface area (Å²) in [6.07, 6.45) is 3.05. The molecule has 0 heterocycles. The number of carbonyl (C=O) groups is 1. The zero-order chi connectivity index (χ0) is 7.11. The number of allylic oxidation sites excluding steroid dienone is 1. The third-order valence-electron chi connectivity index (χ3n) is 0.716. The van der Waals surface area contributed by atoms with Crippen LogP contribution in [0.15, 0.2) is 12.3 Å². The van der Waals surface area contributed by atoms with Crippen LogP contribution in [-0.4, -0.2) is 6.16 Å². The molecule has 0 aromatic carbocycles. The van der Waals surface area contributed by atoms with E-state index in [9.17, 15) is 9.90 Å². The van der Waals surface area contributed by atoms with Crippen molar-refractivity contribution < 1.29 is 14.6 Å². The number of ether oxygens (including phenoxy) is 1. The van der Waals surface area contributed by atoms with Gasteiger partial charge >= 0.3 is 6.16 Å². The van der Waals surface area contributed by atoms with E-state index in [2.05, 4.69) is 4.74 Å². The molecule has 0 saturated carbocycles. The topological polar surface area (TPSA) is 46.2 Å². The maximum absolute atomic E-state index is 9.58. The fourth-order valence-corrected chi connectivity index (χ4v) is 0.338. The van der Waals surface area contributed by atoms with Gasteiger partial charge in [-0.05, 0) is 12.5 Å². The van der Waals surface area contributed by atoms with Crippen molar-refractivity contribution in [3.8, 4) is 0 Å². The van der Waals surface area contributed by atoms with E-state index in [1.54, 1.807) is 6.08 Å². The Kier molecular flexibility index (Phi) is 4.59. The van der Waals surface area contributed by atoms with Crippen molar-refractivity contribution in [1.82, 2.24) is 0 Å². The maximum atomic E-state index is 9.58. The van der Waals surface area contributed by atoms with Crippen LogP contribution in [0.4, 0.5) is 4.79 Å². The minimum atomic E-state index is -1.51. The van der Waals surface area contributed by atoms with Crippen LogP contribution < -0.4 is 0 Å². The van der Waals surface area contributed by atoms with Crippen LogP contribution in [0.1, 0.15) is 19.8 Å². The molecule has 0 spiro atoms. The third kappa shape index (κ3) is 7.01. The van der Waals surface area contributed by atoms with Gasteiger partial charge in [-0.25, -0.2) is 0 Å². The second-order valence-corrected chi connectivity index (χ2v) is 1.53. The highest BCUT2D eigenvalue weighted by atomic mass is 16.7. The van der Waals surface area contributed by atoms with E-state index in [0.717, 1.165) is 19.1 Å². The minimum absolute atomic E-state index is 0.827. The first kappa shape index (κ1) is 8.01. The average Bonchev–Trinajstić information content (AvgIpc) is 1.80. The lowest BCUT2D eigenvalue weighted by Gasteiger charge is -1.84. The fraction of sp³-hybridized carbons (Fsp3) is 0.500. The van der Waals surface area contributed by atoms with Crippen molar-refractivity contribution >= 4 is 6.16 Å². The Morgan fingerprint density at radius 3 is 2.78 bits per heavy atom. The molecule has 0 aliphatic rings. The van der Waals surface area contributed by atoms with Crippen molar-refractivity contribution in [3.63, 3.8) is 0 Å².